The Bertz CT molecular complexity index is 317. The van der Waals surface area contributed by atoms with E-state index in [4.69, 9.17) is 4.74 Å². The number of hydrogen-bond acceptors (Lipinski definition) is 3. The number of carbonyl (C=O) groups is 1. The fourth-order valence-corrected chi connectivity index (χ4v) is 3.34. The molecule has 0 aromatic heterocycles. The van der Waals surface area contributed by atoms with Crippen LogP contribution in [0, 0.1) is 17.8 Å². The fraction of sp³-hybridized carbons (Fsp3) is 0.769. The molecule has 0 saturated heterocycles. The lowest BCUT2D eigenvalue weighted by molar-refractivity contribution is -0.155. The molecule has 3 nitrogen and oxygen atoms in total. The molecule has 4 unspecified atom stereocenters. The van der Waals surface area contributed by atoms with E-state index < -0.39 is 0 Å². The molecule has 2 fully saturated rings. The summed E-state index contributed by atoms with van der Waals surface area (Å²) in [6.45, 7) is 0. The van der Waals surface area contributed by atoms with Gasteiger partial charge in [0, 0.05) is 11.8 Å². The average molecular weight is 222 g/mol. The van der Waals surface area contributed by atoms with E-state index in [1.54, 1.807) is 0 Å². The van der Waals surface area contributed by atoms with Gasteiger partial charge in [0.15, 0.2) is 0 Å². The van der Waals surface area contributed by atoms with Crippen molar-refractivity contribution >= 4 is 5.97 Å². The molecule has 2 saturated carbocycles. The van der Waals surface area contributed by atoms with Gasteiger partial charge in [0.2, 0.25) is 0 Å². The summed E-state index contributed by atoms with van der Waals surface area (Å²) in [5.74, 6) is 0.0263. The zero-order valence-electron chi connectivity index (χ0n) is 9.34. The molecule has 3 aliphatic rings. The number of fused-ring (bicyclic) bond motifs is 2. The molecule has 0 aliphatic heterocycles. The average Bonchev–Trinajstić information content (AvgIpc) is 2.96. The summed E-state index contributed by atoms with van der Waals surface area (Å²) < 4.78 is 5.51. The lowest BCUT2D eigenvalue weighted by Gasteiger charge is -2.19. The first-order valence-electron chi connectivity index (χ1n) is 6.32. The van der Waals surface area contributed by atoms with Gasteiger partial charge in [0.1, 0.15) is 6.10 Å². The second kappa shape index (κ2) is 3.88. The minimum absolute atomic E-state index is 0.0129. The predicted octanol–water partition coefficient (Wildman–Crippen LogP) is 1.66. The molecule has 0 aromatic carbocycles. The minimum Gasteiger partial charge on any atom is -0.462 e. The predicted molar refractivity (Wildman–Crippen MR) is 58.6 cm³/mol. The van der Waals surface area contributed by atoms with E-state index in [1.807, 2.05) is 12.2 Å². The van der Waals surface area contributed by atoms with Crippen LogP contribution in [0.15, 0.2) is 12.2 Å². The second-order valence-corrected chi connectivity index (χ2v) is 5.30. The largest absolute Gasteiger partial charge is 0.462 e. The highest BCUT2D eigenvalue weighted by molar-refractivity contribution is 5.74. The van der Waals surface area contributed by atoms with E-state index in [-0.39, 0.29) is 35.9 Å². The lowest BCUT2D eigenvalue weighted by Crippen LogP contribution is -2.27. The van der Waals surface area contributed by atoms with E-state index in [1.165, 1.54) is 12.8 Å². The zero-order valence-corrected chi connectivity index (χ0v) is 9.34. The summed E-state index contributed by atoms with van der Waals surface area (Å²) in [7, 11) is 0. The van der Waals surface area contributed by atoms with E-state index in [9.17, 15) is 9.90 Å². The first-order chi connectivity index (χ1) is 7.75. The zero-order chi connectivity index (χ0) is 11.1. The molecule has 1 N–H and O–H groups in total. The Kier molecular flexibility index (Phi) is 2.51. The van der Waals surface area contributed by atoms with E-state index >= 15 is 0 Å². The molecule has 0 heterocycles. The van der Waals surface area contributed by atoms with Crippen molar-refractivity contribution in [2.75, 3.05) is 0 Å². The number of hydrogen-bond donors (Lipinski definition) is 1. The van der Waals surface area contributed by atoms with E-state index in [0.29, 0.717) is 0 Å². The number of aliphatic hydroxyl groups excluding tert-OH is 1. The quantitative estimate of drug-likeness (QED) is 0.571. The molecule has 3 aliphatic carbocycles. The highest BCUT2D eigenvalue weighted by atomic mass is 16.5. The molecule has 16 heavy (non-hydrogen) atoms. The van der Waals surface area contributed by atoms with Gasteiger partial charge in [-0.05, 0) is 32.1 Å². The van der Waals surface area contributed by atoms with Gasteiger partial charge in [0.05, 0.1) is 12.0 Å². The van der Waals surface area contributed by atoms with Crippen molar-refractivity contribution in [1.29, 1.82) is 0 Å². The Morgan fingerprint density at radius 2 is 2.00 bits per heavy atom. The normalized spacial score (nSPS) is 41.8. The van der Waals surface area contributed by atoms with Crippen molar-refractivity contribution in [2.24, 2.45) is 17.8 Å². The SMILES string of the molecule is O=C(OC1CCCC1)C1CC2C=CC1C2O. The third-order valence-electron chi connectivity index (χ3n) is 4.29. The summed E-state index contributed by atoms with van der Waals surface area (Å²) >= 11 is 0. The van der Waals surface area contributed by atoms with Crippen LogP contribution in [-0.2, 0) is 9.53 Å². The molecule has 0 spiro atoms. The van der Waals surface area contributed by atoms with Gasteiger partial charge in [-0.1, -0.05) is 12.2 Å². The van der Waals surface area contributed by atoms with Crippen molar-refractivity contribution in [3.63, 3.8) is 0 Å². The third-order valence-corrected chi connectivity index (χ3v) is 4.29. The Hall–Kier alpha value is -0.830. The number of carbonyl (C=O) groups excluding carboxylic acids is 1. The van der Waals surface area contributed by atoms with Crippen LogP contribution in [0.2, 0.25) is 0 Å². The number of aliphatic hydroxyl groups is 1. The summed E-state index contributed by atoms with van der Waals surface area (Å²) in [6.07, 6.45) is 8.99. The van der Waals surface area contributed by atoms with Gasteiger partial charge < -0.3 is 9.84 Å². The van der Waals surface area contributed by atoms with Gasteiger partial charge in [0.25, 0.3) is 0 Å². The molecule has 4 atom stereocenters. The fourth-order valence-electron chi connectivity index (χ4n) is 3.34. The Labute approximate surface area is 95.5 Å². The van der Waals surface area contributed by atoms with Crippen LogP contribution in [0.4, 0.5) is 0 Å². The lowest BCUT2D eigenvalue weighted by atomic mass is 9.93. The maximum absolute atomic E-state index is 12.0. The highest BCUT2D eigenvalue weighted by Gasteiger charge is 2.48. The summed E-state index contributed by atoms with van der Waals surface area (Å²) in [5.41, 5.74) is 0. The summed E-state index contributed by atoms with van der Waals surface area (Å²) in [5, 5.41) is 9.84. The molecular formula is C13H18O3. The summed E-state index contributed by atoms with van der Waals surface area (Å²) in [4.78, 5) is 12.0. The monoisotopic (exact) mass is 222 g/mol. The first kappa shape index (κ1) is 10.3. The van der Waals surface area contributed by atoms with Crippen LogP contribution in [0.5, 0.6) is 0 Å². The first-order valence-corrected chi connectivity index (χ1v) is 6.32. The van der Waals surface area contributed by atoms with Gasteiger partial charge in [-0.2, -0.15) is 0 Å². The van der Waals surface area contributed by atoms with Crippen LogP contribution in [0.3, 0.4) is 0 Å². The van der Waals surface area contributed by atoms with Crippen LogP contribution >= 0.6 is 0 Å². The van der Waals surface area contributed by atoms with Crippen LogP contribution in [0.1, 0.15) is 32.1 Å². The molecular weight excluding hydrogens is 204 g/mol. The maximum Gasteiger partial charge on any atom is 0.309 e. The molecule has 0 aromatic rings. The third kappa shape index (κ3) is 1.58. The second-order valence-electron chi connectivity index (χ2n) is 5.30. The van der Waals surface area contributed by atoms with E-state index in [2.05, 4.69) is 0 Å². The van der Waals surface area contributed by atoms with Crippen LogP contribution in [0.25, 0.3) is 0 Å². The van der Waals surface area contributed by atoms with Crippen molar-refractivity contribution in [3.8, 4) is 0 Å². The number of rotatable bonds is 2. The van der Waals surface area contributed by atoms with Gasteiger partial charge >= 0.3 is 5.97 Å². The maximum atomic E-state index is 12.0. The molecule has 2 bridgehead atoms. The molecule has 3 heteroatoms. The number of ether oxygens (including phenoxy) is 1. The Balaban J connectivity index is 1.61. The smallest absolute Gasteiger partial charge is 0.309 e. The molecule has 0 amide bonds. The van der Waals surface area contributed by atoms with Crippen molar-refractivity contribution in [1.82, 2.24) is 0 Å². The Morgan fingerprint density at radius 3 is 2.56 bits per heavy atom. The number of esters is 1. The van der Waals surface area contributed by atoms with Crippen LogP contribution < -0.4 is 0 Å². The van der Waals surface area contributed by atoms with Gasteiger partial charge in [-0.3, -0.25) is 4.79 Å². The van der Waals surface area contributed by atoms with Crippen molar-refractivity contribution in [3.05, 3.63) is 12.2 Å². The van der Waals surface area contributed by atoms with Crippen molar-refractivity contribution in [2.45, 2.75) is 44.3 Å². The Morgan fingerprint density at radius 1 is 1.25 bits per heavy atom. The van der Waals surface area contributed by atoms with Crippen LogP contribution in [-0.4, -0.2) is 23.3 Å². The minimum atomic E-state index is -0.346. The molecule has 88 valence electrons. The summed E-state index contributed by atoms with van der Waals surface area (Å²) in [6, 6.07) is 0. The standard InChI is InChI=1S/C13H18O3/c14-12-8-5-6-10(12)11(7-8)13(15)16-9-3-1-2-4-9/h5-6,8-12,14H,1-4,7H2. The van der Waals surface area contributed by atoms with Gasteiger partial charge in [-0.25, -0.2) is 0 Å². The highest BCUT2D eigenvalue weighted by Crippen LogP contribution is 2.44. The van der Waals surface area contributed by atoms with Crippen molar-refractivity contribution < 1.29 is 14.6 Å². The van der Waals surface area contributed by atoms with E-state index in [0.717, 1.165) is 19.3 Å². The van der Waals surface area contributed by atoms with Gasteiger partial charge in [-0.15, -0.1) is 0 Å². The topological polar surface area (TPSA) is 46.5 Å². The molecule has 3 rings (SSSR count). The molecule has 0 radical (unpaired) electrons.